The molecule has 1 fully saturated rings. The average Bonchev–Trinajstić information content (AvgIpc) is 2.77. The second-order valence-electron chi connectivity index (χ2n) is 4.14. The summed E-state index contributed by atoms with van der Waals surface area (Å²) in [6, 6.07) is 7.85. The zero-order chi connectivity index (χ0) is 11.5. The summed E-state index contributed by atoms with van der Waals surface area (Å²) in [4.78, 5) is 2.19. The van der Waals surface area contributed by atoms with Crippen LogP contribution >= 0.6 is 12.4 Å². The molecule has 0 aromatic heterocycles. The molecule has 0 radical (unpaired) electrons. The van der Waals surface area contributed by atoms with Gasteiger partial charge in [0.1, 0.15) is 5.84 Å². The van der Waals surface area contributed by atoms with Gasteiger partial charge in [-0.25, -0.2) is 0 Å². The molecule has 1 aliphatic heterocycles. The largest absolute Gasteiger partial charge is 0.394 e. The summed E-state index contributed by atoms with van der Waals surface area (Å²) in [6.07, 6.45) is 2.14. The second kappa shape index (κ2) is 5.89. The van der Waals surface area contributed by atoms with Crippen LogP contribution in [0.1, 0.15) is 18.4 Å². The number of halogens is 1. The lowest BCUT2D eigenvalue weighted by atomic mass is 10.1. The highest BCUT2D eigenvalue weighted by molar-refractivity contribution is 5.95. The van der Waals surface area contributed by atoms with E-state index in [1.54, 1.807) is 0 Å². The molecule has 1 heterocycles. The van der Waals surface area contributed by atoms with Crippen LogP contribution in [0.2, 0.25) is 0 Å². The SMILES string of the molecule is Cl.N=C(N)c1cccc(N2CCC[C@H]2CO)c1. The van der Waals surface area contributed by atoms with Gasteiger partial charge in [0.15, 0.2) is 0 Å². The summed E-state index contributed by atoms with van der Waals surface area (Å²) in [6.45, 7) is 1.15. The molecule has 1 aromatic carbocycles. The highest BCUT2D eigenvalue weighted by Gasteiger charge is 2.23. The first-order chi connectivity index (χ1) is 7.72. The maximum Gasteiger partial charge on any atom is 0.122 e. The third kappa shape index (κ3) is 2.90. The molecule has 17 heavy (non-hydrogen) atoms. The number of aliphatic hydroxyl groups excluding tert-OH is 1. The van der Waals surface area contributed by atoms with Crippen LogP contribution in [0.15, 0.2) is 24.3 Å². The van der Waals surface area contributed by atoms with Gasteiger partial charge in [0.05, 0.1) is 12.6 Å². The number of anilines is 1. The summed E-state index contributed by atoms with van der Waals surface area (Å²) in [7, 11) is 0. The Kier molecular flexibility index (Phi) is 4.78. The van der Waals surface area contributed by atoms with Gasteiger partial charge in [-0.2, -0.15) is 0 Å². The van der Waals surface area contributed by atoms with E-state index in [1.807, 2.05) is 24.3 Å². The normalized spacial score (nSPS) is 18.9. The van der Waals surface area contributed by atoms with Gasteiger partial charge in [0.25, 0.3) is 0 Å². The lowest BCUT2D eigenvalue weighted by Crippen LogP contribution is -2.32. The van der Waals surface area contributed by atoms with E-state index in [4.69, 9.17) is 11.1 Å². The molecule has 0 saturated carbocycles. The fraction of sp³-hybridized carbons (Fsp3) is 0.417. The number of hydrogen-bond donors (Lipinski definition) is 3. The van der Waals surface area contributed by atoms with Gasteiger partial charge in [-0.3, -0.25) is 5.41 Å². The number of nitrogens with zero attached hydrogens (tertiary/aromatic N) is 1. The topological polar surface area (TPSA) is 73.3 Å². The first kappa shape index (κ1) is 13.8. The summed E-state index contributed by atoms with van der Waals surface area (Å²) in [5.74, 6) is 0.0848. The Morgan fingerprint density at radius 2 is 2.29 bits per heavy atom. The summed E-state index contributed by atoms with van der Waals surface area (Å²) >= 11 is 0. The molecular formula is C12H18ClN3O. The van der Waals surface area contributed by atoms with Gasteiger partial charge < -0.3 is 15.7 Å². The van der Waals surface area contributed by atoms with Crippen molar-refractivity contribution in [1.29, 1.82) is 5.41 Å². The molecule has 5 heteroatoms. The number of nitrogens with two attached hydrogens (primary N) is 1. The van der Waals surface area contributed by atoms with Crippen LogP contribution in [0.5, 0.6) is 0 Å². The monoisotopic (exact) mass is 255 g/mol. The Morgan fingerprint density at radius 1 is 1.53 bits per heavy atom. The van der Waals surface area contributed by atoms with Gasteiger partial charge in [-0.15, -0.1) is 12.4 Å². The quantitative estimate of drug-likeness (QED) is 0.564. The number of nitrogens with one attached hydrogen (secondary N) is 1. The first-order valence-electron chi connectivity index (χ1n) is 5.54. The van der Waals surface area contributed by atoms with Crippen molar-refractivity contribution in [2.24, 2.45) is 5.73 Å². The number of rotatable bonds is 3. The molecule has 0 amide bonds. The lowest BCUT2D eigenvalue weighted by Gasteiger charge is -2.25. The predicted molar refractivity (Wildman–Crippen MR) is 72.2 cm³/mol. The third-order valence-corrected chi connectivity index (χ3v) is 3.08. The van der Waals surface area contributed by atoms with Crippen LogP contribution in [-0.2, 0) is 0 Å². The molecule has 0 spiro atoms. The van der Waals surface area contributed by atoms with E-state index in [2.05, 4.69) is 4.90 Å². The number of benzene rings is 1. The van der Waals surface area contributed by atoms with Crippen molar-refractivity contribution >= 4 is 23.9 Å². The average molecular weight is 256 g/mol. The molecule has 0 bridgehead atoms. The fourth-order valence-electron chi connectivity index (χ4n) is 2.22. The zero-order valence-corrected chi connectivity index (χ0v) is 10.4. The van der Waals surface area contributed by atoms with Crippen molar-refractivity contribution in [3.05, 3.63) is 29.8 Å². The van der Waals surface area contributed by atoms with Gasteiger partial charge in [-0.1, -0.05) is 12.1 Å². The molecule has 4 nitrogen and oxygen atoms in total. The fourth-order valence-corrected chi connectivity index (χ4v) is 2.22. The van der Waals surface area contributed by atoms with E-state index in [-0.39, 0.29) is 30.9 Å². The molecule has 4 N–H and O–H groups in total. The van der Waals surface area contributed by atoms with Crippen molar-refractivity contribution in [3.8, 4) is 0 Å². The standard InChI is InChI=1S/C12H17N3O.ClH/c13-12(14)9-3-1-4-10(7-9)15-6-2-5-11(15)8-16;/h1,3-4,7,11,16H,2,5-6,8H2,(H3,13,14);1H/t11-;/m0./s1. The lowest BCUT2D eigenvalue weighted by molar-refractivity contribution is 0.266. The predicted octanol–water partition coefficient (Wildman–Crippen LogP) is 1.35. The van der Waals surface area contributed by atoms with Crippen LogP contribution in [0, 0.1) is 5.41 Å². The molecule has 0 unspecified atom stereocenters. The van der Waals surface area contributed by atoms with Gasteiger partial charge in [0.2, 0.25) is 0 Å². The van der Waals surface area contributed by atoms with Crippen molar-refractivity contribution in [2.75, 3.05) is 18.1 Å². The van der Waals surface area contributed by atoms with E-state index in [1.165, 1.54) is 0 Å². The molecular weight excluding hydrogens is 238 g/mol. The van der Waals surface area contributed by atoms with E-state index in [9.17, 15) is 5.11 Å². The van der Waals surface area contributed by atoms with Crippen LogP contribution in [0.3, 0.4) is 0 Å². The number of aliphatic hydroxyl groups is 1. The first-order valence-corrected chi connectivity index (χ1v) is 5.54. The summed E-state index contributed by atoms with van der Waals surface area (Å²) < 4.78 is 0. The molecule has 1 aliphatic rings. The number of hydrogen-bond acceptors (Lipinski definition) is 3. The molecule has 1 aromatic rings. The third-order valence-electron chi connectivity index (χ3n) is 3.08. The number of nitrogen functional groups attached to an aromatic ring is 1. The Morgan fingerprint density at radius 3 is 2.94 bits per heavy atom. The van der Waals surface area contributed by atoms with Crippen LogP contribution in [0.4, 0.5) is 5.69 Å². The zero-order valence-electron chi connectivity index (χ0n) is 9.60. The minimum atomic E-state index is 0. The van der Waals surface area contributed by atoms with Crippen LogP contribution < -0.4 is 10.6 Å². The smallest absolute Gasteiger partial charge is 0.122 e. The van der Waals surface area contributed by atoms with Crippen molar-refractivity contribution in [2.45, 2.75) is 18.9 Å². The van der Waals surface area contributed by atoms with Crippen LogP contribution in [-0.4, -0.2) is 30.1 Å². The summed E-state index contributed by atoms with van der Waals surface area (Å²) in [5, 5.41) is 16.7. The Balaban J connectivity index is 0.00000144. The van der Waals surface area contributed by atoms with Gasteiger partial charge in [0, 0.05) is 17.8 Å². The summed E-state index contributed by atoms with van der Waals surface area (Å²) in [5.41, 5.74) is 7.25. The number of amidine groups is 1. The molecule has 1 saturated heterocycles. The highest BCUT2D eigenvalue weighted by atomic mass is 35.5. The van der Waals surface area contributed by atoms with E-state index in [0.717, 1.165) is 30.6 Å². The Hall–Kier alpha value is -1.26. The van der Waals surface area contributed by atoms with Crippen molar-refractivity contribution < 1.29 is 5.11 Å². The second-order valence-corrected chi connectivity index (χ2v) is 4.14. The van der Waals surface area contributed by atoms with Crippen LogP contribution in [0.25, 0.3) is 0 Å². The minimum Gasteiger partial charge on any atom is -0.394 e. The molecule has 1 atom stereocenters. The van der Waals surface area contributed by atoms with E-state index < -0.39 is 0 Å². The van der Waals surface area contributed by atoms with Gasteiger partial charge >= 0.3 is 0 Å². The highest BCUT2D eigenvalue weighted by Crippen LogP contribution is 2.25. The maximum absolute atomic E-state index is 9.27. The van der Waals surface area contributed by atoms with Gasteiger partial charge in [-0.05, 0) is 25.0 Å². The van der Waals surface area contributed by atoms with Crippen molar-refractivity contribution in [3.63, 3.8) is 0 Å². The Bertz CT molecular complexity index is 397. The molecule has 0 aliphatic carbocycles. The van der Waals surface area contributed by atoms with Crippen molar-refractivity contribution in [1.82, 2.24) is 0 Å². The molecule has 2 rings (SSSR count). The Labute approximate surface area is 107 Å². The van der Waals surface area contributed by atoms with E-state index in [0.29, 0.717) is 0 Å². The molecule has 94 valence electrons. The van der Waals surface area contributed by atoms with E-state index >= 15 is 0 Å². The minimum absolute atomic E-state index is 0. The maximum atomic E-state index is 9.27.